The minimum Gasteiger partial charge on any atom is -0.285 e. The molecule has 0 spiro atoms. The lowest BCUT2D eigenvalue weighted by Crippen LogP contribution is -2.27. The summed E-state index contributed by atoms with van der Waals surface area (Å²) < 4.78 is 2.13. The Labute approximate surface area is 60.9 Å². The smallest absolute Gasteiger partial charge is 0.223 e. The zero-order valence-corrected chi connectivity index (χ0v) is 6.24. The average Bonchev–Trinajstić information content (AvgIpc) is 1.77. The molecule has 2 nitrogen and oxygen atoms in total. The summed E-state index contributed by atoms with van der Waals surface area (Å²) >= 11 is 2.17. The molecule has 0 aromatic carbocycles. The van der Waals surface area contributed by atoms with Crippen LogP contribution in [0, 0.1) is 3.57 Å². The van der Waals surface area contributed by atoms with Gasteiger partial charge in [0.25, 0.3) is 0 Å². The van der Waals surface area contributed by atoms with Crippen LogP contribution in [-0.2, 0) is 0 Å². The Bertz CT molecular complexity index is 151. The molecule has 0 saturated heterocycles. The Hall–Kier alpha value is -0.320. The highest BCUT2D eigenvalue weighted by atomic mass is 127. The van der Waals surface area contributed by atoms with Gasteiger partial charge in [0.1, 0.15) is 0 Å². The van der Waals surface area contributed by atoms with Crippen molar-refractivity contribution >= 4 is 22.6 Å². The van der Waals surface area contributed by atoms with E-state index < -0.39 is 0 Å². The number of hydrogen-bond acceptors (Lipinski definition) is 1. The van der Waals surface area contributed by atoms with E-state index in [9.17, 15) is 0 Å². The third-order valence-corrected chi connectivity index (χ3v) is 1.49. The third-order valence-electron chi connectivity index (χ3n) is 0.773. The van der Waals surface area contributed by atoms with Gasteiger partial charge in [0.2, 0.25) is 12.4 Å². The van der Waals surface area contributed by atoms with E-state index in [-0.39, 0.29) is 0 Å². The van der Waals surface area contributed by atoms with E-state index in [0.29, 0.717) is 0 Å². The SMILES string of the molecule is O[n+]1ccc(I)cc1. The Balaban J connectivity index is 3.03. The van der Waals surface area contributed by atoms with Crippen LogP contribution < -0.4 is 4.73 Å². The van der Waals surface area contributed by atoms with E-state index in [2.05, 4.69) is 22.6 Å². The minimum atomic E-state index is 1.02. The van der Waals surface area contributed by atoms with E-state index in [1.54, 1.807) is 12.4 Å². The molecule has 0 unspecified atom stereocenters. The van der Waals surface area contributed by atoms with Gasteiger partial charge in [-0.25, -0.2) is 0 Å². The van der Waals surface area contributed by atoms with Crippen LogP contribution in [0.4, 0.5) is 0 Å². The van der Waals surface area contributed by atoms with Crippen molar-refractivity contribution in [2.75, 3.05) is 0 Å². The lowest BCUT2D eigenvalue weighted by Gasteiger charge is -1.80. The van der Waals surface area contributed by atoms with Gasteiger partial charge in [-0.1, -0.05) is 0 Å². The van der Waals surface area contributed by atoms with E-state index >= 15 is 0 Å². The first kappa shape index (κ1) is 5.81. The second-order valence-electron chi connectivity index (χ2n) is 1.40. The summed E-state index contributed by atoms with van der Waals surface area (Å²) in [7, 11) is 0. The molecular weight excluding hydrogens is 217 g/mol. The summed E-state index contributed by atoms with van der Waals surface area (Å²) in [5.41, 5.74) is 0. The summed E-state index contributed by atoms with van der Waals surface area (Å²) in [4.78, 5) is 0. The number of nitrogens with zero attached hydrogens (tertiary/aromatic N) is 1. The van der Waals surface area contributed by atoms with E-state index in [4.69, 9.17) is 5.21 Å². The van der Waals surface area contributed by atoms with E-state index in [1.807, 2.05) is 12.1 Å². The molecule has 1 aromatic rings. The molecule has 1 rings (SSSR count). The van der Waals surface area contributed by atoms with Crippen molar-refractivity contribution in [1.82, 2.24) is 0 Å². The standard InChI is InChI=1S/C5H5INO/c6-5-1-3-7(8)4-2-5/h1-4,8H/q+1. The summed E-state index contributed by atoms with van der Waals surface area (Å²) in [6.07, 6.45) is 3.17. The van der Waals surface area contributed by atoms with Gasteiger partial charge in [-0.3, -0.25) is 5.21 Å². The van der Waals surface area contributed by atoms with Crippen molar-refractivity contribution in [2.24, 2.45) is 0 Å². The topological polar surface area (TPSA) is 24.1 Å². The first-order chi connectivity index (χ1) is 3.79. The maximum atomic E-state index is 8.67. The zero-order valence-electron chi connectivity index (χ0n) is 4.08. The van der Waals surface area contributed by atoms with Crippen molar-refractivity contribution in [3.05, 3.63) is 28.1 Å². The lowest BCUT2D eigenvalue weighted by atomic mass is 10.5. The van der Waals surface area contributed by atoms with Crippen LogP contribution in [0.3, 0.4) is 0 Å². The summed E-state index contributed by atoms with van der Waals surface area (Å²) in [5.74, 6) is 0. The fraction of sp³-hybridized carbons (Fsp3) is 0. The molecule has 8 heavy (non-hydrogen) atoms. The molecule has 0 amide bonds. The van der Waals surface area contributed by atoms with Crippen LogP contribution in [0.25, 0.3) is 0 Å². The lowest BCUT2D eigenvalue weighted by molar-refractivity contribution is -0.904. The van der Waals surface area contributed by atoms with Gasteiger partial charge in [0, 0.05) is 20.4 Å². The number of aromatic nitrogens is 1. The first-order valence-electron chi connectivity index (χ1n) is 2.15. The molecule has 0 bridgehead atoms. The largest absolute Gasteiger partial charge is 0.285 e. The maximum Gasteiger partial charge on any atom is 0.223 e. The van der Waals surface area contributed by atoms with Crippen molar-refractivity contribution in [2.45, 2.75) is 0 Å². The molecule has 0 aliphatic carbocycles. The Kier molecular flexibility index (Phi) is 1.67. The highest BCUT2D eigenvalue weighted by Gasteiger charge is 1.90. The quantitative estimate of drug-likeness (QED) is 0.392. The van der Waals surface area contributed by atoms with Crippen molar-refractivity contribution in [3.63, 3.8) is 0 Å². The Morgan fingerprint density at radius 2 is 1.88 bits per heavy atom. The molecule has 0 aliphatic heterocycles. The number of halogens is 1. The van der Waals surface area contributed by atoms with Crippen LogP contribution in [0.15, 0.2) is 24.5 Å². The molecule has 1 heterocycles. The number of hydrogen-bond donors (Lipinski definition) is 1. The van der Waals surface area contributed by atoms with Crippen molar-refractivity contribution in [1.29, 1.82) is 0 Å². The number of rotatable bonds is 0. The number of pyridine rings is 1. The monoisotopic (exact) mass is 222 g/mol. The van der Waals surface area contributed by atoms with E-state index in [0.717, 1.165) is 8.30 Å². The summed E-state index contributed by atoms with van der Waals surface area (Å²) in [6.45, 7) is 0. The van der Waals surface area contributed by atoms with Crippen LogP contribution in [0.2, 0.25) is 0 Å². The predicted octanol–water partition coefficient (Wildman–Crippen LogP) is 0.816. The Morgan fingerprint density at radius 1 is 1.38 bits per heavy atom. The van der Waals surface area contributed by atoms with Crippen LogP contribution in [0.1, 0.15) is 0 Å². The normalized spacial score (nSPS) is 9.12. The molecule has 1 N–H and O–H groups in total. The molecule has 0 aliphatic rings. The molecule has 3 heteroatoms. The predicted molar refractivity (Wildman–Crippen MR) is 36.5 cm³/mol. The molecule has 0 fully saturated rings. The van der Waals surface area contributed by atoms with Crippen LogP contribution >= 0.6 is 22.6 Å². The van der Waals surface area contributed by atoms with Gasteiger partial charge in [0.15, 0.2) is 0 Å². The summed E-state index contributed by atoms with van der Waals surface area (Å²) in [5, 5.41) is 8.67. The second kappa shape index (κ2) is 2.30. The van der Waals surface area contributed by atoms with Gasteiger partial charge in [0.05, 0.1) is 0 Å². The van der Waals surface area contributed by atoms with Gasteiger partial charge >= 0.3 is 0 Å². The van der Waals surface area contributed by atoms with Gasteiger partial charge in [-0.2, -0.15) is 0 Å². The van der Waals surface area contributed by atoms with Crippen molar-refractivity contribution in [3.8, 4) is 0 Å². The second-order valence-corrected chi connectivity index (χ2v) is 2.64. The average molecular weight is 222 g/mol. The fourth-order valence-electron chi connectivity index (χ4n) is 0.400. The third kappa shape index (κ3) is 1.33. The molecule has 1 aromatic heterocycles. The zero-order chi connectivity index (χ0) is 5.98. The molecule has 0 saturated carbocycles. The molecule has 0 atom stereocenters. The molecule has 42 valence electrons. The minimum absolute atomic E-state index is 1.02. The first-order valence-corrected chi connectivity index (χ1v) is 3.23. The summed E-state index contributed by atoms with van der Waals surface area (Å²) in [6, 6.07) is 3.64. The van der Waals surface area contributed by atoms with E-state index in [1.165, 1.54) is 0 Å². The molecular formula is C5H5INO+. The highest BCUT2D eigenvalue weighted by Crippen LogP contribution is 1.97. The fourth-order valence-corrected chi connectivity index (χ4v) is 0.722. The van der Waals surface area contributed by atoms with Crippen LogP contribution in [0.5, 0.6) is 0 Å². The highest BCUT2D eigenvalue weighted by molar-refractivity contribution is 14.1. The van der Waals surface area contributed by atoms with Crippen molar-refractivity contribution < 1.29 is 9.94 Å². The van der Waals surface area contributed by atoms with Gasteiger partial charge < -0.3 is 0 Å². The van der Waals surface area contributed by atoms with Gasteiger partial charge in [-0.15, -0.1) is 0 Å². The van der Waals surface area contributed by atoms with Crippen LogP contribution in [-0.4, -0.2) is 5.21 Å². The van der Waals surface area contributed by atoms with Gasteiger partial charge in [-0.05, 0) is 22.6 Å². The molecule has 0 radical (unpaired) electrons. The maximum absolute atomic E-state index is 8.67. The Morgan fingerprint density at radius 3 is 2.25 bits per heavy atom.